The van der Waals surface area contributed by atoms with Gasteiger partial charge in [-0.15, -0.1) is 0 Å². The summed E-state index contributed by atoms with van der Waals surface area (Å²) in [6.45, 7) is 22.7. The van der Waals surface area contributed by atoms with Gasteiger partial charge in [-0.05, 0) is 52.2 Å². The molecule has 0 aliphatic heterocycles. The first kappa shape index (κ1) is 17.6. The molecular weight excluding hydrogens is 260 g/mol. The predicted molar refractivity (Wildman–Crippen MR) is 84.8 cm³/mol. The Bertz CT molecular complexity index is 235. The highest BCUT2D eigenvalue weighted by Gasteiger charge is 2.50. The first-order valence-electron chi connectivity index (χ1n) is 6.63. The van der Waals surface area contributed by atoms with Crippen LogP contribution in [0.5, 0.6) is 0 Å². The van der Waals surface area contributed by atoms with E-state index in [0.717, 1.165) is 6.42 Å². The van der Waals surface area contributed by atoms with Crippen LogP contribution >= 0.6 is 0 Å². The Hall–Kier alpha value is 0.571. The van der Waals surface area contributed by atoms with E-state index in [9.17, 15) is 0 Å². The van der Waals surface area contributed by atoms with Gasteiger partial charge in [0.25, 0.3) is 0 Å². The normalized spacial score (nSPS) is 15.2. The molecule has 0 bridgehead atoms. The van der Waals surface area contributed by atoms with Crippen molar-refractivity contribution >= 4 is 25.2 Å². The summed E-state index contributed by atoms with van der Waals surface area (Å²) in [7, 11) is -5.24. The van der Waals surface area contributed by atoms with Crippen LogP contribution < -0.4 is 0 Å². The first-order chi connectivity index (χ1) is 7.22. The van der Waals surface area contributed by atoms with Gasteiger partial charge in [0.2, 0.25) is 0 Å². The smallest absolute Gasteiger partial charge is 0.320 e. The summed E-state index contributed by atoms with van der Waals surface area (Å²) in [6.07, 6.45) is 1.12. The molecule has 0 saturated carbocycles. The van der Waals surface area contributed by atoms with Crippen LogP contribution in [0.3, 0.4) is 0 Å². The van der Waals surface area contributed by atoms with Crippen LogP contribution in [-0.4, -0.2) is 25.2 Å². The van der Waals surface area contributed by atoms with Gasteiger partial charge in [0.05, 0.1) is 0 Å². The number of rotatable bonds is 6. The van der Waals surface area contributed by atoms with E-state index in [2.05, 4.69) is 66.6 Å². The molecule has 0 atom stereocenters. The Morgan fingerprint density at radius 3 is 1.24 bits per heavy atom. The van der Waals surface area contributed by atoms with Gasteiger partial charge in [-0.2, -0.15) is 0 Å². The van der Waals surface area contributed by atoms with Crippen LogP contribution in [0.2, 0.25) is 50.9 Å². The fourth-order valence-corrected chi connectivity index (χ4v) is 14.5. The topological polar surface area (TPSA) is 18.5 Å². The lowest BCUT2D eigenvalue weighted by atomic mass is 10.1. The molecular formula is C12H32O2Si3. The minimum absolute atomic E-state index is 0.174. The van der Waals surface area contributed by atoms with Gasteiger partial charge in [-0.25, -0.2) is 0 Å². The number of hydrogen-bond acceptors (Lipinski definition) is 2. The Labute approximate surface area is 112 Å². The quantitative estimate of drug-likeness (QED) is 0.645. The lowest BCUT2D eigenvalue weighted by Crippen LogP contribution is -2.58. The van der Waals surface area contributed by atoms with Crippen molar-refractivity contribution in [1.29, 1.82) is 0 Å². The van der Waals surface area contributed by atoms with Gasteiger partial charge in [0.1, 0.15) is 0 Å². The summed E-state index contributed by atoms with van der Waals surface area (Å²) in [4.78, 5) is 0. The Morgan fingerprint density at radius 1 is 0.765 bits per heavy atom. The Balaban J connectivity index is 5.23. The maximum atomic E-state index is 6.55. The molecule has 0 saturated heterocycles. The van der Waals surface area contributed by atoms with E-state index in [1.807, 2.05) is 0 Å². The minimum atomic E-state index is -2.12. The zero-order valence-corrected chi connectivity index (χ0v) is 16.5. The van der Waals surface area contributed by atoms with Crippen molar-refractivity contribution in [3.8, 4) is 0 Å². The fraction of sp³-hybridized carbons (Fsp3) is 1.00. The molecule has 0 rings (SSSR count). The lowest BCUT2D eigenvalue weighted by Gasteiger charge is -2.47. The molecule has 0 spiro atoms. The van der Waals surface area contributed by atoms with Crippen molar-refractivity contribution < 1.29 is 8.23 Å². The summed E-state index contributed by atoms with van der Waals surface area (Å²) in [5, 5.41) is 0.174. The van der Waals surface area contributed by atoms with Crippen LogP contribution in [0, 0.1) is 0 Å². The molecule has 0 aliphatic rings. The lowest BCUT2D eigenvalue weighted by molar-refractivity contribution is 0.327. The first-order valence-corrected chi connectivity index (χ1v) is 15.8. The maximum absolute atomic E-state index is 6.55. The summed E-state index contributed by atoms with van der Waals surface area (Å²) in [6, 6.07) is 0. The second-order valence-electron chi connectivity index (χ2n) is 7.61. The number of hydrogen-bond donors (Lipinski definition) is 0. The standard InChI is InChI=1S/C12H32O2Si3/c1-11-12(2,3)17(10,13-15(4,5)6)14-16(7,8)9/h11H2,1-10H3. The van der Waals surface area contributed by atoms with Crippen molar-refractivity contribution in [2.75, 3.05) is 0 Å². The van der Waals surface area contributed by atoms with Crippen LogP contribution in [0.15, 0.2) is 0 Å². The van der Waals surface area contributed by atoms with Gasteiger partial charge in [0, 0.05) is 5.04 Å². The van der Waals surface area contributed by atoms with Crippen LogP contribution in [0.4, 0.5) is 0 Å². The third-order valence-corrected chi connectivity index (χ3v) is 13.9. The molecule has 5 heteroatoms. The second-order valence-corrected chi connectivity index (χ2v) is 20.9. The third-order valence-electron chi connectivity index (χ3n) is 3.12. The fourth-order valence-electron chi connectivity index (χ4n) is 1.79. The molecule has 0 aliphatic carbocycles. The molecule has 0 aromatic carbocycles. The maximum Gasteiger partial charge on any atom is 0.320 e. The summed E-state index contributed by atoms with van der Waals surface area (Å²) >= 11 is 0. The molecule has 0 fully saturated rings. The third kappa shape index (κ3) is 5.83. The van der Waals surface area contributed by atoms with E-state index in [1.165, 1.54) is 0 Å². The molecule has 17 heavy (non-hydrogen) atoms. The molecule has 0 amide bonds. The summed E-state index contributed by atoms with van der Waals surface area (Å²) in [5.41, 5.74) is 0. The van der Waals surface area contributed by atoms with E-state index in [0.29, 0.717) is 0 Å². The summed E-state index contributed by atoms with van der Waals surface area (Å²) in [5.74, 6) is 0. The monoisotopic (exact) mass is 292 g/mol. The minimum Gasteiger partial charge on any atom is -0.436 e. The second kappa shape index (κ2) is 5.29. The predicted octanol–water partition coefficient (Wildman–Crippen LogP) is 4.95. The average molecular weight is 293 g/mol. The average Bonchev–Trinajstić information content (AvgIpc) is 1.96. The van der Waals surface area contributed by atoms with Crippen molar-refractivity contribution in [2.45, 2.75) is 78.1 Å². The van der Waals surface area contributed by atoms with Gasteiger partial charge in [0.15, 0.2) is 16.6 Å². The SMILES string of the molecule is CCC(C)(C)[Si](C)(O[Si](C)(C)C)O[Si](C)(C)C. The van der Waals surface area contributed by atoms with Crippen LogP contribution in [0.25, 0.3) is 0 Å². The van der Waals surface area contributed by atoms with E-state index in [4.69, 9.17) is 8.23 Å². The molecule has 0 radical (unpaired) electrons. The Kier molecular flexibility index (Phi) is 5.46. The van der Waals surface area contributed by atoms with E-state index in [-0.39, 0.29) is 5.04 Å². The molecule has 0 heterocycles. The van der Waals surface area contributed by atoms with Gasteiger partial charge >= 0.3 is 8.56 Å². The Morgan fingerprint density at radius 2 is 1.06 bits per heavy atom. The summed E-state index contributed by atoms with van der Waals surface area (Å²) < 4.78 is 13.1. The van der Waals surface area contributed by atoms with Crippen LogP contribution in [-0.2, 0) is 8.23 Å². The van der Waals surface area contributed by atoms with Gasteiger partial charge in [-0.3, -0.25) is 0 Å². The molecule has 0 N–H and O–H groups in total. The molecule has 0 aromatic heterocycles. The highest BCUT2D eigenvalue weighted by molar-refractivity contribution is 6.88. The van der Waals surface area contributed by atoms with E-state index < -0.39 is 25.2 Å². The van der Waals surface area contributed by atoms with Crippen molar-refractivity contribution in [1.82, 2.24) is 0 Å². The van der Waals surface area contributed by atoms with E-state index in [1.54, 1.807) is 0 Å². The zero-order chi connectivity index (χ0) is 14.1. The van der Waals surface area contributed by atoms with Crippen LogP contribution in [0.1, 0.15) is 27.2 Å². The highest BCUT2D eigenvalue weighted by atomic mass is 28.5. The van der Waals surface area contributed by atoms with Crippen molar-refractivity contribution in [3.05, 3.63) is 0 Å². The molecule has 2 nitrogen and oxygen atoms in total. The molecule has 0 aromatic rings. The van der Waals surface area contributed by atoms with Crippen molar-refractivity contribution in [3.63, 3.8) is 0 Å². The largest absolute Gasteiger partial charge is 0.436 e. The van der Waals surface area contributed by atoms with E-state index >= 15 is 0 Å². The zero-order valence-electron chi connectivity index (χ0n) is 13.5. The van der Waals surface area contributed by atoms with Crippen molar-refractivity contribution in [2.24, 2.45) is 0 Å². The molecule has 0 unspecified atom stereocenters. The highest BCUT2D eigenvalue weighted by Crippen LogP contribution is 2.44. The molecule has 104 valence electrons. The van der Waals surface area contributed by atoms with Gasteiger partial charge < -0.3 is 8.23 Å². The van der Waals surface area contributed by atoms with Gasteiger partial charge in [-0.1, -0.05) is 20.8 Å².